The highest BCUT2D eigenvalue weighted by molar-refractivity contribution is 6.03. The van der Waals surface area contributed by atoms with Gasteiger partial charge in [0, 0.05) is 17.6 Å². The first-order valence-electron chi connectivity index (χ1n) is 8.45. The number of hydrogen-bond acceptors (Lipinski definition) is 5. The van der Waals surface area contributed by atoms with E-state index in [1.165, 1.54) is 6.20 Å². The van der Waals surface area contributed by atoms with E-state index in [2.05, 4.69) is 26.7 Å². The summed E-state index contributed by atoms with van der Waals surface area (Å²) in [7, 11) is 0. The Balaban J connectivity index is 1.81. The van der Waals surface area contributed by atoms with Gasteiger partial charge in [-0.1, -0.05) is 23.8 Å². The van der Waals surface area contributed by atoms with Crippen LogP contribution in [0.1, 0.15) is 32.7 Å². The second-order valence-electron chi connectivity index (χ2n) is 6.31. The Kier molecular flexibility index (Phi) is 5.13. The lowest BCUT2D eigenvalue weighted by molar-refractivity contribution is 0.102. The molecule has 0 atom stereocenters. The highest BCUT2D eigenvalue weighted by Crippen LogP contribution is 2.22. The molecule has 0 bridgehead atoms. The van der Waals surface area contributed by atoms with Crippen LogP contribution in [0, 0.1) is 32.1 Å². The van der Waals surface area contributed by atoms with Crippen LogP contribution in [0.15, 0.2) is 48.7 Å². The van der Waals surface area contributed by atoms with E-state index in [0.717, 1.165) is 22.4 Å². The summed E-state index contributed by atoms with van der Waals surface area (Å²) in [5.74, 6) is -0.0173. The molecule has 0 spiro atoms. The molecular formula is C21H19N5O. The van der Waals surface area contributed by atoms with Gasteiger partial charge in [-0.2, -0.15) is 5.26 Å². The predicted molar refractivity (Wildman–Crippen MR) is 105 cm³/mol. The number of aromatic nitrogens is 2. The standard InChI is InChI=1S/C21H19N5O/c1-13-9-14(2)19(15(3)10-13)26-20(27)18-7-8-23-21(25-18)24-17-6-4-5-16(11-17)12-22/h4-11H,1-3H3,(H,26,27)(H,23,24,25). The Bertz CT molecular complexity index is 1030. The molecule has 0 aliphatic carbocycles. The quantitative estimate of drug-likeness (QED) is 0.728. The topological polar surface area (TPSA) is 90.7 Å². The van der Waals surface area contributed by atoms with Crippen LogP contribution in [0.25, 0.3) is 0 Å². The average Bonchev–Trinajstić information content (AvgIpc) is 2.65. The maximum atomic E-state index is 12.6. The molecule has 0 fully saturated rings. The highest BCUT2D eigenvalue weighted by atomic mass is 16.1. The van der Waals surface area contributed by atoms with Gasteiger partial charge in [0.05, 0.1) is 11.6 Å². The van der Waals surface area contributed by atoms with Crippen LogP contribution in [0.5, 0.6) is 0 Å². The van der Waals surface area contributed by atoms with Crippen LogP contribution >= 0.6 is 0 Å². The third kappa shape index (κ3) is 4.28. The molecule has 0 aliphatic rings. The maximum absolute atomic E-state index is 12.6. The summed E-state index contributed by atoms with van der Waals surface area (Å²) in [4.78, 5) is 21.1. The van der Waals surface area contributed by atoms with Crippen molar-refractivity contribution in [2.24, 2.45) is 0 Å². The first-order chi connectivity index (χ1) is 13.0. The first-order valence-corrected chi connectivity index (χ1v) is 8.45. The number of anilines is 3. The van der Waals surface area contributed by atoms with Crippen LogP contribution in [-0.2, 0) is 0 Å². The minimum atomic E-state index is -0.304. The van der Waals surface area contributed by atoms with Crippen molar-refractivity contribution in [3.05, 3.63) is 76.6 Å². The molecule has 1 heterocycles. The van der Waals surface area contributed by atoms with E-state index in [4.69, 9.17) is 5.26 Å². The van der Waals surface area contributed by atoms with Crippen molar-refractivity contribution in [2.45, 2.75) is 20.8 Å². The van der Waals surface area contributed by atoms with E-state index < -0.39 is 0 Å². The van der Waals surface area contributed by atoms with E-state index in [9.17, 15) is 4.79 Å². The van der Waals surface area contributed by atoms with E-state index in [-0.39, 0.29) is 17.5 Å². The van der Waals surface area contributed by atoms with E-state index >= 15 is 0 Å². The molecule has 1 aromatic heterocycles. The number of rotatable bonds is 4. The molecule has 0 unspecified atom stereocenters. The zero-order chi connectivity index (χ0) is 19.4. The lowest BCUT2D eigenvalue weighted by atomic mass is 10.1. The summed E-state index contributed by atoms with van der Waals surface area (Å²) in [5, 5.41) is 14.9. The molecule has 2 aromatic carbocycles. The fourth-order valence-corrected chi connectivity index (χ4v) is 2.90. The molecule has 27 heavy (non-hydrogen) atoms. The number of carbonyl (C=O) groups excluding carboxylic acids is 1. The summed E-state index contributed by atoms with van der Waals surface area (Å²) in [6, 6.07) is 14.7. The molecule has 134 valence electrons. The zero-order valence-electron chi connectivity index (χ0n) is 15.4. The number of nitrogens with zero attached hydrogens (tertiary/aromatic N) is 3. The van der Waals surface area contributed by atoms with Crippen LogP contribution in [0.3, 0.4) is 0 Å². The molecule has 0 aliphatic heterocycles. The fourth-order valence-electron chi connectivity index (χ4n) is 2.90. The largest absolute Gasteiger partial charge is 0.324 e. The molecule has 0 saturated heterocycles. The number of amides is 1. The zero-order valence-corrected chi connectivity index (χ0v) is 15.4. The Morgan fingerprint density at radius 2 is 1.81 bits per heavy atom. The van der Waals surface area contributed by atoms with Crippen molar-refractivity contribution < 1.29 is 4.79 Å². The minimum absolute atomic E-state index is 0.253. The molecular weight excluding hydrogens is 338 g/mol. The van der Waals surface area contributed by atoms with Crippen LogP contribution in [0.2, 0.25) is 0 Å². The number of hydrogen-bond donors (Lipinski definition) is 2. The van der Waals surface area contributed by atoms with E-state index in [0.29, 0.717) is 11.3 Å². The summed E-state index contributed by atoms with van der Waals surface area (Å²) in [6.45, 7) is 5.95. The summed E-state index contributed by atoms with van der Waals surface area (Å²) >= 11 is 0. The summed E-state index contributed by atoms with van der Waals surface area (Å²) in [6.07, 6.45) is 1.52. The smallest absolute Gasteiger partial charge is 0.274 e. The molecule has 0 radical (unpaired) electrons. The molecule has 6 nitrogen and oxygen atoms in total. The van der Waals surface area contributed by atoms with Crippen LogP contribution in [-0.4, -0.2) is 15.9 Å². The average molecular weight is 357 g/mol. The van der Waals surface area contributed by atoms with Crippen molar-refractivity contribution >= 4 is 23.2 Å². The van der Waals surface area contributed by atoms with Gasteiger partial charge >= 0.3 is 0 Å². The Morgan fingerprint density at radius 1 is 1.07 bits per heavy atom. The van der Waals surface area contributed by atoms with Crippen molar-refractivity contribution in [1.29, 1.82) is 5.26 Å². The van der Waals surface area contributed by atoms with Gasteiger partial charge in [-0.05, 0) is 56.2 Å². The van der Waals surface area contributed by atoms with Gasteiger partial charge < -0.3 is 10.6 Å². The molecule has 3 aromatic rings. The predicted octanol–water partition coefficient (Wildman–Crippen LogP) is 4.27. The number of carbonyl (C=O) groups is 1. The highest BCUT2D eigenvalue weighted by Gasteiger charge is 2.13. The first kappa shape index (κ1) is 18.1. The lowest BCUT2D eigenvalue weighted by Gasteiger charge is -2.13. The Labute approximate surface area is 157 Å². The van der Waals surface area contributed by atoms with Gasteiger partial charge in [-0.15, -0.1) is 0 Å². The SMILES string of the molecule is Cc1cc(C)c(NC(=O)c2ccnc(Nc3cccc(C#N)c3)n2)c(C)c1. The van der Waals surface area contributed by atoms with E-state index in [1.807, 2.05) is 32.9 Å². The van der Waals surface area contributed by atoms with Crippen molar-refractivity contribution in [3.8, 4) is 6.07 Å². The van der Waals surface area contributed by atoms with Crippen molar-refractivity contribution in [1.82, 2.24) is 9.97 Å². The van der Waals surface area contributed by atoms with Gasteiger partial charge in [0.2, 0.25) is 5.95 Å². The van der Waals surface area contributed by atoms with Crippen molar-refractivity contribution in [2.75, 3.05) is 10.6 Å². The third-order valence-electron chi connectivity index (χ3n) is 4.05. The summed E-state index contributed by atoms with van der Waals surface area (Å²) < 4.78 is 0. The van der Waals surface area contributed by atoms with Crippen LogP contribution < -0.4 is 10.6 Å². The fraction of sp³-hybridized carbons (Fsp3) is 0.143. The molecule has 0 saturated carbocycles. The monoisotopic (exact) mass is 357 g/mol. The van der Waals surface area contributed by atoms with Gasteiger partial charge in [0.1, 0.15) is 5.69 Å². The van der Waals surface area contributed by atoms with Crippen LogP contribution in [0.4, 0.5) is 17.3 Å². The van der Waals surface area contributed by atoms with Crippen molar-refractivity contribution in [3.63, 3.8) is 0 Å². The molecule has 3 rings (SSSR count). The number of benzene rings is 2. The maximum Gasteiger partial charge on any atom is 0.274 e. The van der Waals surface area contributed by atoms with Gasteiger partial charge in [0.15, 0.2) is 0 Å². The number of nitriles is 1. The van der Waals surface area contributed by atoms with Gasteiger partial charge in [0.25, 0.3) is 5.91 Å². The van der Waals surface area contributed by atoms with E-state index in [1.54, 1.807) is 30.3 Å². The second kappa shape index (κ2) is 7.67. The molecule has 6 heteroatoms. The number of aryl methyl sites for hydroxylation is 3. The molecule has 2 N–H and O–H groups in total. The Hall–Kier alpha value is -3.72. The minimum Gasteiger partial charge on any atom is -0.324 e. The van der Waals surface area contributed by atoms with Gasteiger partial charge in [-0.25, -0.2) is 9.97 Å². The second-order valence-corrected chi connectivity index (χ2v) is 6.31. The molecule has 1 amide bonds. The normalized spacial score (nSPS) is 10.1. The lowest BCUT2D eigenvalue weighted by Crippen LogP contribution is -2.16. The third-order valence-corrected chi connectivity index (χ3v) is 4.05. The summed E-state index contributed by atoms with van der Waals surface area (Å²) in [5.41, 5.74) is 5.40. The Morgan fingerprint density at radius 3 is 2.52 bits per heavy atom. The number of nitrogens with one attached hydrogen (secondary N) is 2. The van der Waals surface area contributed by atoms with Gasteiger partial charge in [-0.3, -0.25) is 4.79 Å².